The highest BCUT2D eigenvalue weighted by Gasteiger charge is 2.09. The van der Waals surface area contributed by atoms with Crippen LogP contribution in [0.5, 0.6) is 5.75 Å². The SMILES string of the molecule is Cc1cccc(C)c1NCC(C)Oc1ccc(Cl)cc1Cl. The first-order chi connectivity index (χ1) is 9.97. The van der Waals surface area contributed by atoms with Crippen molar-refractivity contribution in [3.05, 3.63) is 57.6 Å². The Morgan fingerprint density at radius 3 is 2.38 bits per heavy atom. The fraction of sp³-hybridized carbons (Fsp3) is 0.294. The molecule has 2 aromatic rings. The van der Waals surface area contributed by atoms with E-state index in [0.29, 0.717) is 22.3 Å². The largest absolute Gasteiger partial charge is 0.487 e. The standard InChI is InChI=1S/C17H19Cl2NO/c1-11-5-4-6-12(2)17(11)20-10-13(3)21-16-8-7-14(18)9-15(16)19/h4-9,13,20H,10H2,1-3H3. The number of hydrogen-bond donors (Lipinski definition) is 1. The number of ether oxygens (including phenoxy) is 1. The molecule has 21 heavy (non-hydrogen) atoms. The molecule has 1 N–H and O–H groups in total. The molecule has 0 aliphatic rings. The van der Waals surface area contributed by atoms with Crippen LogP contribution in [0.3, 0.4) is 0 Å². The molecule has 0 bridgehead atoms. The van der Waals surface area contributed by atoms with Crippen molar-refractivity contribution < 1.29 is 4.74 Å². The van der Waals surface area contributed by atoms with Gasteiger partial charge < -0.3 is 10.1 Å². The average molecular weight is 324 g/mol. The van der Waals surface area contributed by atoms with Crippen LogP contribution in [0.25, 0.3) is 0 Å². The summed E-state index contributed by atoms with van der Waals surface area (Å²) in [5, 5.41) is 4.57. The van der Waals surface area contributed by atoms with Crippen molar-refractivity contribution in [2.45, 2.75) is 26.9 Å². The molecule has 112 valence electrons. The Kier molecular flexibility index (Phi) is 5.38. The van der Waals surface area contributed by atoms with Crippen LogP contribution in [0.4, 0.5) is 5.69 Å². The first-order valence-electron chi connectivity index (χ1n) is 6.89. The molecule has 0 heterocycles. The molecule has 0 saturated carbocycles. The van der Waals surface area contributed by atoms with E-state index in [1.807, 2.05) is 6.92 Å². The van der Waals surface area contributed by atoms with Crippen LogP contribution in [-0.2, 0) is 0 Å². The predicted octanol–water partition coefficient (Wildman–Crippen LogP) is 5.49. The number of rotatable bonds is 5. The highest BCUT2D eigenvalue weighted by atomic mass is 35.5. The summed E-state index contributed by atoms with van der Waals surface area (Å²) < 4.78 is 5.85. The van der Waals surface area contributed by atoms with Crippen LogP contribution in [0.1, 0.15) is 18.1 Å². The summed E-state index contributed by atoms with van der Waals surface area (Å²) in [5.74, 6) is 0.650. The summed E-state index contributed by atoms with van der Waals surface area (Å²) in [6.45, 7) is 6.89. The summed E-state index contributed by atoms with van der Waals surface area (Å²) in [6.07, 6.45) is -0.0114. The van der Waals surface area contributed by atoms with Gasteiger partial charge in [-0.1, -0.05) is 41.4 Å². The van der Waals surface area contributed by atoms with Gasteiger partial charge in [-0.2, -0.15) is 0 Å². The molecule has 0 aliphatic carbocycles. The summed E-state index contributed by atoms with van der Waals surface area (Å²) in [5.41, 5.74) is 3.62. The van der Waals surface area contributed by atoms with Gasteiger partial charge in [0.05, 0.1) is 11.6 Å². The zero-order valence-electron chi connectivity index (χ0n) is 12.4. The molecule has 0 radical (unpaired) electrons. The zero-order chi connectivity index (χ0) is 15.4. The second-order valence-corrected chi connectivity index (χ2v) is 5.99. The zero-order valence-corrected chi connectivity index (χ0v) is 13.9. The van der Waals surface area contributed by atoms with Crippen LogP contribution in [0.15, 0.2) is 36.4 Å². The summed E-state index contributed by atoms with van der Waals surface area (Å²) in [6, 6.07) is 11.5. The lowest BCUT2D eigenvalue weighted by Gasteiger charge is -2.19. The lowest BCUT2D eigenvalue weighted by Crippen LogP contribution is -2.23. The van der Waals surface area contributed by atoms with Crippen molar-refractivity contribution in [3.8, 4) is 5.75 Å². The number of nitrogens with one attached hydrogen (secondary N) is 1. The number of benzene rings is 2. The molecule has 0 saturated heterocycles. The maximum Gasteiger partial charge on any atom is 0.138 e. The van der Waals surface area contributed by atoms with E-state index in [1.54, 1.807) is 18.2 Å². The van der Waals surface area contributed by atoms with Gasteiger partial charge in [-0.15, -0.1) is 0 Å². The van der Waals surface area contributed by atoms with Gasteiger partial charge in [-0.05, 0) is 50.1 Å². The summed E-state index contributed by atoms with van der Waals surface area (Å²) >= 11 is 12.0. The average Bonchev–Trinajstić information content (AvgIpc) is 2.41. The lowest BCUT2D eigenvalue weighted by atomic mass is 10.1. The fourth-order valence-corrected chi connectivity index (χ4v) is 2.62. The molecule has 2 rings (SSSR count). The van der Waals surface area contributed by atoms with Crippen molar-refractivity contribution in [1.82, 2.24) is 0 Å². The van der Waals surface area contributed by atoms with Gasteiger partial charge in [0.1, 0.15) is 11.9 Å². The van der Waals surface area contributed by atoms with E-state index in [9.17, 15) is 0 Å². The van der Waals surface area contributed by atoms with Crippen LogP contribution in [0.2, 0.25) is 10.0 Å². The first kappa shape index (κ1) is 16.0. The van der Waals surface area contributed by atoms with Gasteiger partial charge >= 0.3 is 0 Å². The molecular weight excluding hydrogens is 305 g/mol. The molecule has 1 unspecified atom stereocenters. The Morgan fingerprint density at radius 2 is 1.76 bits per heavy atom. The molecule has 2 aromatic carbocycles. The van der Waals surface area contributed by atoms with E-state index in [0.717, 1.165) is 5.69 Å². The van der Waals surface area contributed by atoms with E-state index in [-0.39, 0.29) is 6.10 Å². The number of hydrogen-bond acceptors (Lipinski definition) is 2. The summed E-state index contributed by atoms with van der Waals surface area (Å²) in [4.78, 5) is 0. The Labute approximate surface area is 136 Å². The molecule has 2 nitrogen and oxygen atoms in total. The molecule has 0 aliphatic heterocycles. The first-order valence-corrected chi connectivity index (χ1v) is 7.64. The molecule has 4 heteroatoms. The van der Waals surface area contributed by atoms with Gasteiger partial charge in [0, 0.05) is 10.7 Å². The molecule has 0 fully saturated rings. The van der Waals surface area contributed by atoms with Gasteiger partial charge in [0.25, 0.3) is 0 Å². The van der Waals surface area contributed by atoms with Crippen molar-refractivity contribution in [1.29, 1.82) is 0 Å². The maximum atomic E-state index is 6.11. The number of anilines is 1. The van der Waals surface area contributed by atoms with Gasteiger partial charge in [-0.3, -0.25) is 0 Å². The van der Waals surface area contributed by atoms with E-state index in [4.69, 9.17) is 27.9 Å². The topological polar surface area (TPSA) is 21.3 Å². The van der Waals surface area contributed by atoms with Crippen molar-refractivity contribution in [3.63, 3.8) is 0 Å². The van der Waals surface area contributed by atoms with E-state index in [1.165, 1.54) is 11.1 Å². The third kappa shape index (κ3) is 4.29. The Morgan fingerprint density at radius 1 is 1.10 bits per heavy atom. The summed E-state index contributed by atoms with van der Waals surface area (Å²) in [7, 11) is 0. The highest BCUT2D eigenvalue weighted by Crippen LogP contribution is 2.28. The van der Waals surface area contributed by atoms with Crippen LogP contribution >= 0.6 is 23.2 Å². The van der Waals surface area contributed by atoms with Crippen LogP contribution < -0.4 is 10.1 Å². The maximum absolute atomic E-state index is 6.11. The van der Waals surface area contributed by atoms with Gasteiger partial charge in [-0.25, -0.2) is 0 Å². The van der Waals surface area contributed by atoms with Gasteiger partial charge in [0.2, 0.25) is 0 Å². The number of para-hydroxylation sites is 1. The quantitative estimate of drug-likeness (QED) is 0.785. The van der Waals surface area contributed by atoms with E-state index < -0.39 is 0 Å². The number of halogens is 2. The predicted molar refractivity (Wildman–Crippen MR) is 91.0 cm³/mol. The minimum Gasteiger partial charge on any atom is -0.487 e. The molecule has 0 amide bonds. The Bertz CT molecular complexity index is 608. The Hall–Kier alpha value is -1.38. The monoisotopic (exact) mass is 323 g/mol. The highest BCUT2D eigenvalue weighted by molar-refractivity contribution is 6.35. The minimum atomic E-state index is -0.0114. The molecule has 1 atom stereocenters. The van der Waals surface area contributed by atoms with E-state index in [2.05, 4.69) is 37.4 Å². The Balaban J connectivity index is 1.97. The van der Waals surface area contributed by atoms with Gasteiger partial charge in [0.15, 0.2) is 0 Å². The number of aryl methyl sites for hydroxylation is 2. The third-order valence-electron chi connectivity index (χ3n) is 3.27. The smallest absolute Gasteiger partial charge is 0.138 e. The van der Waals surface area contributed by atoms with Crippen molar-refractivity contribution >= 4 is 28.9 Å². The van der Waals surface area contributed by atoms with E-state index >= 15 is 0 Å². The normalized spacial score (nSPS) is 12.0. The minimum absolute atomic E-state index is 0.0114. The van der Waals surface area contributed by atoms with Crippen molar-refractivity contribution in [2.75, 3.05) is 11.9 Å². The second-order valence-electron chi connectivity index (χ2n) is 5.15. The third-order valence-corrected chi connectivity index (χ3v) is 3.80. The van der Waals surface area contributed by atoms with Crippen LogP contribution in [-0.4, -0.2) is 12.6 Å². The van der Waals surface area contributed by atoms with Crippen LogP contribution in [0, 0.1) is 13.8 Å². The molecule has 0 spiro atoms. The second kappa shape index (κ2) is 7.06. The lowest BCUT2D eigenvalue weighted by molar-refractivity contribution is 0.235. The fourth-order valence-electron chi connectivity index (χ4n) is 2.17. The molecular formula is C17H19Cl2NO. The molecule has 0 aromatic heterocycles. The van der Waals surface area contributed by atoms with Crippen molar-refractivity contribution in [2.24, 2.45) is 0 Å².